The highest BCUT2D eigenvalue weighted by molar-refractivity contribution is 7.15. The molecule has 1 aliphatic rings. The van der Waals surface area contributed by atoms with Crippen molar-refractivity contribution in [2.45, 2.75) is 38.8 Å². The van der Waals surface area contributed by atoms with Crippen LogP contribution in [0.3, 0.4) is 0 Å². The molecular weight excluding hydrogens is 337 g/mol. The first-order valence-electron chi connectivity index (χ1n) is 7.55. The second-order valence-electron chi connectivity index (χ2n) is 5.49. The Hall–Kier alpha value is -0.810. The fraction of sp³-hybridized carbons (Fsp3) is 0.438. The summed E-state index contributed by atoms with van der Waals surface area (Å²) in [5, 5.41) is 9.10. The number of anilines is 1. The summed E-state index contributed by atoms with van der Waals surface area (Å²) in [6.07, 6.45) is 3.34. The summed E-state index contributed by atoms with van der Waals surface area (Å²) in [4.78, 5) is 6.13. The van der Waals surface area contributed by atoms with Gasteiger partial charge in [-0.15, -0.1) is 11.3 Å². The highest BCUT2D eigenvalue weighted by Gasteiger charge is 2.21. The first-order chi connectivity index (χ1) is 10.7. The normalized spacial score (nSPS) is 17.3. The van der Waals surface area contributed by atoms with Crippen molar-refractivity contribution in [2.24, 2.45) is 0 Å². The molecule has 0 saturated carbocycles. The maximum atomic E-state index is 6.04. The highest BCUT2D eigenvalue weighted by Crippen LogP contribution is 2.30. The van der Waals surface area contributed by atoms with E-state index in [1.807, 2.05) is 18.2 Å². The van der Waals surface area contributed by atoms with E-state index >= 15 is 0 Å². The molecule has 22 heavy (non-hydrogen) atoms. The van der Waals surface area contributed by atoms with Gasteiger partial charge in [-0.3, -0.25) is 0 Å². The van der Waals surface area contributed by atoms with Crippen molar-refractivity contribution >= 4 is 39.7 Å². The van der Waals surface area contributed by atoms with Gasteiger partial charge in [0.05, 0.1) is 15.7 Å². The van der Waals surface area contributed by atoms with E-state index in [1.165, 1.54) is 17.0 Å². The van der Waals surface area contributed by atoms with Crippen LogP contribution < -0.4 is 10.6 Å². The van der Waals surface area contributed by atoms with Gasteiger partial charge in [-0.25, -0.2) is 4.98 Å². The van der Waals surface area contributed by atoms with E-state index in [9.17, 15) is 0 Å². The number of benzene rings is 1. The third-order valence-corrected chi connectivity index (χ3v) is 5.68. The minimum Gasteiger partial charge on any atom is -0.357 e. The van der Waals surface area contributed by atoms with Gasteiger partial charge >= 0.3 is 0 Å². The number of halogens is 2. The molecule has 0 spiro atoms. The fourth-order valence-corrected chi connectivity index (χ4v) is 4.15. The monoisotopic (exact) mass is 355 g/mol. The van der Waals surface area contributed by atoms with Crippen molar-refractivity contribution in [1.29, 1.82) is 0 Å². The molecule has 1 aromatic carbocycles. The molecule has 2 aromatic rings. The van der Waals surface area contributed by atoms with Crippen LogP contribution in [0.15, 0.2) is 18.2 Å². The number of rotatable bonds is 5. The lowest BCUT2D eigenvalue weighted by atomic mass is 9.98. The first-order valence-corrected chi connectivity index (χ1v) is 9.12. The van der Waals surface area contributed by atoms with Crippen LogP contribution in [0.5, 0.6) is 0 Å². The topological polar surface area (TPSA) is 37.0 Å². The molecule has 0 amide bonds. The van der Waals surface area contributed by atoms with Crippen molar-refractivity contribution in [3.63, 3.8) is 0 Å². The van der Waals surface area contributed by atoms with Crippen LogP contribution in [0.25, 0.3) is 0 Å². The third kappa shape index (κ3) is 3.74. The van der Waals surface area contributed by atoms with Gasteiger partial charge in [-0.05, 0) is 43.5 Å². The number of aryl methyl sites for hydroxylation is 1. The molecule has 3 nitrogen and oxygen atoms in total. The predicted octanol–water partition coefficient (Wildman–Crippen LogP) is 4.53. The molecule has 1 atom stereocenters. The van der Waals surface area contributed by atoms with Crippen LogP contribution in [0, 0.1) is 0 Å². The first kappa shape index (κ1) is 16.1. The van der Waals surface area contributed by atoms with Gasteiger partial charge in [0.15, 0.2) is 5.13 Å². The second-order valence-corrected chi connectivity index (χ2v) is 7.39. The van der Waals surface area contributed by atoms with Gasteiger partial charge in [0.25, 0.3) is 0 Å². The van der Waals surface area contributed by atoms with E-state index in [-0.39, 0.29) is 0 Å². The Morgan fingerprint density at radius 3 is 2.95 bits per heavy atom. The summed E-state index contributed by atoms with van der Waals surface area (Å²) in [6.45, 7) is 3.90. The Bertz CT molecular complexity index is 657. The Labute approximate surface area is 145 Å². The molecule has 6 heteroatoms. The summed E-state index contributed by atoms with van der Waals surface area (Å²) < 4.78 is 0. The molecule has 0 fully saturated rings. The quantitative estimate of drug-likeness (QED) is 0.827. The maximum Gasteiger partial charge on any atom is 0.183 e. The largest absolute Gasteiger partial charge is 0.357 e. The lowest BCUT2D eigenvalue weighted by Crippen LogP contribution is -2.33. The lowest BCUT2D eigenvalue weighted by molar-refractivity contribution is 0.471. The summed E-state index contributed by atoms with van der Waals surface area (Å²) in [5.41, 5.74) is 2.36. The Morgan fingerprint density at radius 1 is 1.32 bits per heavy atom. The number of likely N-dealkylation sites (N-methyl/N-ethyl adjacent to an activating group) is 1. The molecule has 1 unspecified atom stereocenters. The molecular formula is C16H19Cl2N3S. The zero-order valence-electron chi connectivity index (χ0n) is 12.5. The molecule has 2 N–H and O–H groups in total. The Balaban J connectivity index is 1.63. The highest BCUT2D eigenvalue weighted by atomic mass is 35.5. The number of hydrogen-bond donors (Lipinski definition) is 2. The number of fused-ring (bicyclic) bond motifs is 1. The molecule has 1 heterocycles. The van der Waals surface area contributed by atoms with E-state index in [0.717, 1.165) is 30.1 Å². The summed E-state index contributed by atoms with van der Waals surface area (Å²) in [5.74, 6) is 0. The minimum atomic E-state index is 0.588. The molecule has 0 aliphatic heterocycles. The molecule has 3 rings (SSSR count). The number of thiazole rings is 1. The molecule has 118 valence electrons. The van der Waals surface area contributed by atoms with Crippen molar-refractivity contribution in [2.75, 3.05) is 11.9 Å². The van der Waals surface area contributed by atoms with Gasteiger partial charge in [0.2, 0.25) is 0 Å². The lowest BCUT2D eigenvalue weighted by Gasteiger charge is -2.21. The van der Waals surface area contributed by atoms with E-state index < -0.39 is 0 Å². The van der Waals surface area contributed by atoms with Crippen molar-refractivity contribution < 1.29 is 0 Å². The number of nitrogens with one attached hydrogen (secondary N) is 2. The zero-order valence-corrected chi connectivity index (χ0v) is 14.8. The van der Waals surface area contributed by atoms with Crippen LogP contribution in [0.2, 0.25) is 10.0 Å². The van der Waals surface area contributed by atoms with Gasteiger partial charge in [-0.2, -0.15) is 0 Å². The number of nitrogens with zero attached hydrogens (tertiary/aromatic N) is 1. The number of hydrogen-bond acceptors (Lipinski definition) is 4. The average Bonchev–Trinajstić information content (AvgIpc) is 2.91. The molecule has 0 radical (unpaired) electrons. The van der Waals surface area contributed by atoms with Crippen LogP contribution in [0.4, 0.5) is 5.13 Å². The Morgan fingerprint density at radius 2 is 2.18 bits per heavy atom. The van der Waals surface area contributed by atoms with Gasteiger partial charge in [0, 0.05) is 17.5 Å². The minimum absolute atomic E-state index is 0.588. The molecule has 0 saturated heterocycles. The van der Waals surface area contributed by atoms with Gasteiger partial charge < -0.3 is 10.6 Å². The van der Waals surface area contributed by atoms with Crippen LogP contribution in [0.1, 0.15) is 29.5 Å². The third-order valence-electron chi connectivity index (χ3n) is 3.86. The van der Waals surface area contributed by atoms with Gasteiger partial charge in [0.1, 0.15) is 0 Å². The number of aromatic nitrogens is 1. The summed E-state index contributed by atoms with van der Waals surface area (Å²) >= 11 is 13.8. The molecule has 1 aromatic heterocycles. The Kier molecular flexibility index (Phi) is 5.24. The van der Waals surface area contributed by atoms with Crippen molar-refractivity contribution in [3.8, 4) is 0 Å². The second kappa shape index (κ2) is 7.18. The van der Waals surface area contributed by atoms with Crippen LogP contribution >= 0.6 is 34.5 Å². The maximum absolute atomic E-state index is 6.04. The molecule has 1 aliphatic carbocycles. The van der Waals surface area contributed by atoms with Gasteiger partial charge in [-0.1, -0.05) is 36.2 Å². The fourth-order valence-electron chi connectivity index (χ4n) is 2.74. The van der Waals surface area contributed by atoms with Crippen molar-refractivity contribution in [3.05, 3.63) is 44.4 Å². The average molecular weight is 356 g/mol. The van der Waals surface area contributed by atoms with E-state index in [4.69, 9.17) is 28.2 Å². The van der Waals surface area contributed by atoms with E-state index in [2.05, 4.69) is 17.6 Å². The summed E-state index contributed by atoms with van der Waals surface area (Å²) in [7, 11) is 0. The standard InChI is InChI=1S/C16H19Cl2N3S/c1-2-19-11-4-6-14-15(8-11)22-16(21-14)20-9-10-3-5-12(17)13(18)7-10/h3,5,7,11,19H,2,4,6,8-9H2,1H3,(H,20,21). The predicted molar refractivity (Wildman–Crippen MR) is 95.4 cm³/mol. The summed E-state index contributed by atoms with van der Waals surface area (Å²) in [6, 6.07) is 6.30. The van der Waals surface area contributed by atoms with E-state index in [1.54, 1.807) is 11.3 Å². The zero-order chi connectivity index (χ0) is 15.5. The SMILES string of the molecule is CCNC1CCc2nc(NCc3ccc(Cl)c(Cl)c3)sc2C1. The van der Waals surface area contributed by atoms with Crippen molar-refractivity contribution in [1.82, 2.24) is 10.3 Å². The van der Waals surface area contributed by atoms with E-state index in [0.29, 0.717) is 22.6 Å². The molecule has 0 bridgehead atoms. The van der Waals surface area contributed by atoms with Crippen LogP contribution in [-0.4, -0.2) is 17.6 Å². The smallest absolute Gasteiger partial charge is 0.183 e. The van der Waals surface area contributed by atoms with Crippen LogP contribution in [-0.2, 0) is 19.4 Å².